The number of hydrogen-bond donors (Lipinski definition) is 3. The molecule has 7 heteroatoms. The molecular formula is C17H18N4O3. The Labute approximate surface area is 139 Å². The lowest BCUT2D eigenvalue weighted by atomic mass is 10.2. The molecule has 1 aromatic heterocycles. The average molecular weight is 326 g/mol. The Morgan fingerprint density at radius 1 is 0.875 bits per heavy atom. The fourth-order valence-corrected chi connectivity index (χ4v) is 1.87. The molecule has 0 atom stereocenters. The summed E-state index contributed by atoms with van der Waals surface area (Å²) >= 11 is 0. The molecule has 1 heterocycles. The normalized spacial score (nSPS) is 9.83. The number of nitrogens with one attached hydrogen (secondary N) is 3. The maximum absolute atomic E-state index is 11.7. The van der Waals surface area contributed by atoms with Gasteiger partial charge in [0, 0.05) is 31.8 Å². The number of amides is 3. The highest BCUT2D eigenvalue weighted by molar-refractivity contribution is 5.95. The van der Waals surface area contributed by atoms with Gasteiger partial charge in [0.05, 0.1) is 5.56 Å². The van der Waals surface area contributed by atoms with Crippen molar-refractivity contribution in [1.82, 2.24) is 21.2 Å². The van der Waals surface area contributed by atoms with Crippen LogP contribution < -0.4 is 16.2 Å². The Morgan fingerprint density at radius 2 is 1.62 bits per heavy atom. The number of nitrogens with zero attached hydrogens (tertiary/aromatic N) is 1. The standard InChI is InChI=1S/C17H18N4O3/c22-15(19-11-13-5-2-1-3-6-13)8-9-16(23)20-21-17(24)14-7-4-10-18-12-14/h1-7,10,12H,8-9,11H2,(H,19,22)(H,20,23)(H,21,24). The summed E-state index contributed by atoms with van der Waals surface area (Å²) in [6.45, 7) is 0.416. The highest BCUT2D eigenvalue weighted by Gasteiger charge is 2.09. The molecule has 0 bridgehead atoms. The second-order valence-corrected chi connectivity index (χ2v) is 5.01. The average Bonchev–Trinajstić information content (AvgIpc) is 2.64. The Morgan fingerprint density at radius 3 is 2.33 bits per heavy atom. The van der Waals surface area contributed by atoms with Crippen LogP contribution in [0.4, 0.5) is 0 Å². The molecule has 0 aliphatic carbocycles. The molecule has 2 aromatic rings. The lowest BCUT2D eigenvalue weighted by Crippen LogP contribution is -2.42. The highest BCUT2D eigenvalue weighted by atomic mass is 16.2. The molecule has 7 nitrogen and oxygen atoms in total. The second kappa shape index (κ2) is 9.04. The van der Waals surface area contributed by atoms with Gasteiger partial charge in [-0.2, -0.15) is 0 Å². The minimum atomic E-state index is -0.468. The van der Waals surface area contributed by atoms with Crippen LogP contribution in [-0.4, -0.2) is 22.7 Å². The van der Waals surface area contributed by atoms with E-state index in [9.17, 15) is 14.4 Å². The molecule has 0 saturated carbocycles. The van der Waals surface area contributed by atoms with Crippen molar-refractivity contribution in [1.29, 1.82) is 0 Å². The van der Waals surface area contributed by atoms with Crippen molar-refractivity contribution in [3.63, 3.8) is 0 Å². The number of hydrazine groups is 1. The fourth-order valence-electron chi connectivity index (χ4n) is 1.87. The number of pyridine rings is 1. The first-order valence-corrected chi connectivity index (χ1v) is 7.45. The Kier molecular flexibility index (Phi) is 6.46. The van der Waals surface area contributed by atoms with Crippen LogP contribution in [-0.2, 0) is 16.1 Å². The maximum atomic E-state index is 11.7. The van der Waals surface area contributed by atoms with Gasteiger partial charge in [-0.25, -0.2) is 0 Å². The minimum absolute atomic E-state index is 0.0199. The summed E-state index contributed by atoms with van der Waals surface area (Å²) < 4.78 is 0. The quantitative estimate of drug-likeness (QED) is 0.688. The van der Waals surface area contributed by atoms with Crippen molar-refractivity contribution in [3.8, 4) is 0 Å². The molecule has 2 rings (SSSR count). The van der Waals surface area contributed by atoms with Gasteiger partial charge in [-0.05, 0) is 17.7 Å². The van der Waals surface area contributed by atoms with Crippen molar-refractivity contribution in [2.45, 2.75) is 19.4 Å². The Hall–Kier alpha value is -3.22. The summed E-state index contributed by atoms with van der Waals surface area (Å²) in [5.41, 5.74) is 5.85. The predicted octanol–water partition coefficient (Wildman–Crippen LogP) is 0.939. The molecular weight excluding hydrogens is 308 g/mol. The summed E-state index contributed by atoms with van der Waals surface area (Å²) in [6, 6.07) is 12.7. The summed E-state index contributed by atoms with van der Waals surface area (Å²) in [7, 11) is 0. The number of hydrogen-bond acceptors (Lipinski definition) is 4. The molecule has 0 unspecified atom stereocenters. The zero-order chi connectivity index (χ0) is 17.2. The van der Waals surface area contributed by atoms with E-state index in [1.165, 1.54) is 6.20 Å². The van der Waals surface area contributed by atoms with Crippen LogP contribution >= 0.6 is 0 Å². The molecule has 1 aromatic carbocycles. The van der Waals surface area contributed by atoms with Crippen molar-refractivity contribution in [2.24, 2.45) is 0 Å². The first kappa shape index (κ1) is 17.1. The van der Waals surface area contributed by atoms with E-state index in [2.05, 4.69) is 21.2 Å². The first-order chi connectivity index (χ1) is 11.6. The zero-order valence-electron chi connectivity index (χ0n) is 13.0. The van der Waals surface area contributed by atoms with Gasteiger partial charge < -0.3 is 5.32 Å². The Balaban J connectivity index is 1.64. The molecule has 0 spiro atoms. The van der Waals surface area contributed by atoms with E-state index in [1.807, 2.05) is 30.3 Å². The van der Waals surface area contributed by atoms with Crippen LogP contribution in [0.3, 0.4) is 0 Å². The minimum Gasteiger partial charge on any atom is -0.352 e. The number of benzene rings is 1. The summed E-state index contributed by atoms with van der Waals surface area (Å²) in [6.07, 6.45) is 2.96. The van der Waals surface area contributed by atoms with Crippen LogP contribution in [0.15, 0.2) is 54.9 Å². The van der Waals surface area contributed by atoms with Gasteiger partial charge in [-0.1, -0.05) is 30.3 Å². The highest BCUT2D eigenvalue weighted by Crippen LogP contribution is 1.98. The molecule has 0 aliphatic heterocycles. The fraction of sp³-hybridized carbons (Fsp3) is 0.176. The number of aromatic nitrogens is 1. The third-order valence-electron chi connectivity index (χ3n) is 3.15. The van der Waals surface area contributed by atoms with Crippen molar-refractivity contribution in [2.75, 3.05) is 0 Å². The largest absolute Gasteiger partial charge is 0.352 e. The third kappa shape index (κ3) is 5.88. The zero-order valence-corrected chi connectivity index (χ0v) is 13.0. The Bertz CT molecular complexity index is 689. The molecule has 124 valence electrons. The lowest BCUT2D eigenvalue weighted by molar-refractivity contribution is -0.126. The molecule has 0 radical (unpaired) electrons. The van der Waals surface area contributed by atoms with Gasteiger partial charge in [0.15, 0.2) is 0 Å². The van der Waals surface area contributed by atoms with Crippen LogP contribution in [0, 0.1) is 0 Å². The van der Waals surface area contributed by atoms with E-state index in [-0.39, 0.29) is 18.7 Å². The van der Waals surface area contributed by atoms with E-state index < -0.39 is 11.8 Å². The van der Waals surface area contributed by atoms with Crippen molar-refractivity contribution >= 4 is 17.7 Å². The predicted molar refractivity (Wildman–Crippen MR) is 87.4 cm³/mol. The van der Waals surface area contributed by atoms with Gasteiger partial charge in [0.2, 0.25) is 11.8 Å². The van der Waals surface area contributed by atoms with Gasteiger partial charge >= 0.3 is 0 Å². The van der Waals surface area contributed by atoms with Gasteiger partial charge in [0.1, 0.15) is 0 Å². The van der Waals surface area contributed by atoms with E-state index in [0.29, 0.717) is 12.1 Å². The molecule has 0 saturated heterocycles. The van der Waals surface area contributed by atoms with Gasteiger partial charge in [-0.15, -0.1) is 0 Å². The van der Waals surface area contributed by atoms with E-state index >= 15 is 0 Å². The van der Waals surface area contributed by atoms with Crippen LogP contribution in [0.5, 0.6) is 0 Å². The molecule has 24 heavy (non-hydrogen) atoms. The molecule has 0 aliphatic rings. The lowest BCUT2D eigenvalue weighted by Gasteiger charge is -2.08. The third-order valence-corrected chi connectivity index (χ3v) is 3.15. The first-order valence-electron chi connectivity index (χ1n) is 7.45. The topological polar surface area (TPSA) is 100 Å². The smallest absolute Gasteiger partial charge is 0.271 e. The second-order valence-electron chi connectivity index (χ2n) is 5.01. The van der Waals surface area contributed by atoms with Gasteiger partial charge in [0.25, 0.3) is 5.91 Å². The summed E-state index contributed by atoms with van der Waals surface area (Å²) in [4.78, 5) is 38.8. The van der Waals surface area contributed by atoms with Crippen molar-refractivity contribution in [3.05, 3.63) is 66.0 Å². The van der Waals surface area contributed by atoms with Crippen LogP contribution in [0.1, 0.15) is 28.8 Å². The molecule has 0 fully saturated rings. The van der Waals surface area contributed by atoms with Crippen molar-refractivity contribution < 1.29 is 14.4 Å². The SMILES string of the molecule is O=C(CCC(=O)NNC(=O)c1cccnc1)NCc1ccccc1. The number of carbonyl (C=O) groups is 3. The van der Waals surface area contributed by atoms with Gasteiger partial charge in [-0.3, -0.25) is 30.2 Å². The van der Waals surface area contributed by atoms with Crippen LogP contribution in [0.2, 0.25) is 0 Å². The van der Waals surface area contributed by atoms with Crippen LogP contribution in [0.25, 0.3) is 0 Å². The number of carbonyl (C=O) groups excluding carboxylic acids is 3. The summed E-state index contributed by atoms with van der Waals surface area (Å²) in [5, 5.41) is 2.73. The maximum Gasteiger partial charge on any atom is 0.271 e. The number of rotatable bonds is 6. The van der Waals surface area contributed by atoms with E-state index in [4.69, 9.17) is 0 Å². The molecule has 3 N–H and O–H groups in total. The summed E-state index contributed by atoms with van der Waals surface area (Å²) in [5.74, 6) is -1.14. The molecule has 3 amide bonds. The van der Waals surface area contributed by atoms with E-state index in [1.54, 1.807) is 18.3 Å². The monoisotopic (exact) mass is 326 g/mol. The van der Waals surface area contributed by atoms with E-state index in [0.717, 1.165) is 5.56 Å².